The predicted octanol–water partition coefficient (Wildman–Crippen LogP) is 3.29. The Kier molecular flexibility index (Phi) is 5.54. The molecular formula is C20H28N2O2. The van der Waals surface area contributed by atoms with Crippen molar-refractivity contribution in [2.45, 2.75) is 51.5 Å². The van der Waals surface area contributed by atoms with Gasteiger partial charge >= 0.3 is 0 Å². The Balaban J connectivity index is 1.50. The van der Waals surface area contributed by atoms with Gasteiger partial charge in [0.1, 0.15) is 0 Å². The lowest BCUT2D eigenvalue weighted by Crippen LogP contribution is -2.36. The lowest BCUT2D eigenvalue weighted by atomic mass is 10.1. The van der Waals surface area contributed by atoms with Gasteiger partial charge in [-0.3, -0.25) is 9.59 Å². The van der Waals surface area contributed by atoms with E-state index in [0.717, 1.165) is 25.8 Å². The maximum absolute atomic E-state index is 12.7. The van der Waals surface area contributed by atoms with E-state index in [0.29, 0.717) is 18.9 Å². The van der Waals surface area contributed by atoms with Crippen LogP contribution in [-0.2, 0) is 9.59 Å². The molecule has 0 bridgehead atoms. The number of nitrogens with zero attached hydrogens (tertiary/aromatic N) is 1. The zero-order valence-electron chi connectivity index (χ0n) is 14.5. The van der Waals surface area contributed by atoms with Crippen LogP contribution in [0.15, 0.2) is 30.3 Å². The van der Waals surface area contributed by atoms with Crippen LogP contribution in [0.5, 0.6) is 0 Å². The molecular weight excluding hydrogens is 300 g/mol. The van der Waals surface area contributed by atoms with E-state index in [2.05, 4.69) is 24.4 Å². The minimum absolute atomic E-state index is 0.111. The van der Waals surface area contributed by atoms with Gasteiger partial charge in [-0.2, -0.15) is 0 Å². The average Bonchev–Trinajstić information content (AvgIpc) is 3.49. The van der Waals surface area contributed by atoms with Gasteiger partial charge < -0.3 is 10.2 Å². The zero-order chi connectivity index (χ0) is 16.9. The van der Waals surface area contributed by atoms with Gasteiger partial charge in [0.15, 0.2) is 0 Å². The number of amides is 2. The molecule has 0 radical (unpaired) electrons. The second kappa shape index (κ2) is 7.82. The van der Waals surface area contributed by atoms with Crippen LogP contribution in [0.3, 0.4) is 0 Å². The number of hydrogen-bond acceptors (Lipinski definition) is 2. The average molecular weight is 328 g/mol. The number of carbonyl (C=O) groups is 2. The summed E-state index contributed by atoms with van der Waals surface area (Å²) in [6, 6.07) is 10.4. The maximum atomic E-state index is 12.7. The molecule has 1 N–H and O–H groups in total. The van der Waals surface area contributed by atoms with E-state index in [4.69, 9.17) is 0 Å². The van der Waals surface area contributed by atoms with Gasteiger partial charge in [-0.25, -0.2) is 0 Å². The van der Waals surface area contributed by atoms with E-state index >= 15 is 0 Å². The standard InChI is InChI=1S/C20H28N2O2/c1-15(17-6-3-2-4-7-17)22(14-16-9-10-16)19(23)8-5-13-21-20(24)18-11-12-18/h2-4,6-7,15-16,18H,5,8-14H2,1H3,(H,21,24). The summed E-state index contributed by atoms with van der Waals surface area (Å²) in [5, 5.41) is 2.94. The minimum Gasteiger partial charge on any atom is -0.356 e. The molecule has 0 heterocycles. The summed E-state index contributed by atoms with van der Waals surface area (Å²) in [6.45, 7) is 3.59. The number of nitrogens with one attached hydrogen (secondary N) is 1. The Morgan fingerprint density at radius 2 is 1.88 bits per heavy atom. The van der Waals surface area contributed by atoms with E-state index in [1.807, 2.05) is 23.1 Å². The van der Waals surface area contributed by atoms with Crippen LogP contribution in [0.1, 0.15) is 57.1 Å². The fourth-order valence-electron chi connectivity index (χ4n) is 3.05. The molecule has 4 nitrogen and oxygen atoms in total. The first-order valence-electron chi connectivity index (χ1n) is 9.27. The van der Waals surface area contributed by atoms with Crippen molar-refractivity contribution >= 4 is 11.8 Å². The van der Waals surface area contributed by atoms with Crippen molar-refractivity contribution < 1.29 is 9.59 Å². The third-order valence-electron chi connectivity index (χ3n) is 5.04. The van der Waals surface area contributed by atoms with E-state index < -0.39 is 0 Å². The number of hydrogen-bond donors (Lipinski definition) is 1. The molecule has 0 saturated heterocycles. The smallest absolute Gasteiger partial charge is 0.223 e. The number of rotatable bonds is 9. The molecule has 1 aromatic rings. The van der Waals surface area contributed by atoms with Gasteiger partial charge in [-0.1, -0.05) is 30.3 Å². The lowest BCUT2D eigenvalue weighted by Gasteiger charge is -2.30. The highest BCUT2D eigenvalue weighted by Gasteiger charge is 2.30. The largest absolute Gasteiger partial charge is 0.356 e. The number of benzene rings is 1. The van der Waals surface area contributed by atoms with Crippen molar-refractivity contribution in [3.05, 3.63) is 35.9 Å². The quantitative estimate of drug-likeness (QED) is 0.707. The molecule has 1 aromatic carbocycles. The summed E-state index contributed by atoms with van der Waals surface area (Å²) in [4.78, 5) is 26.4. The first-order valence-corrected chi connectivity index (χ1v) is 9.27. The fourth-order valence-corrected chi connectivity index (χ4v) is 3.05. The molecule has 24 heavy (non-hydrogen) atoms. The topological polar surface area (TPSA) is 49.4 Å². The first kappa shape index (κ1) is 17.0. The van der Waals surface area contributed by atoms with Crippen molar-refractivity contribution in [1.29, 1.82) is 0 Å². The summed E-state index contributed by atoms with van der Waals surface area (Å²) in [5.74, 6) is 1.29. The van der Waals surface area contributed by atoms with Gasteiger partial charge in [0.25, 0.3) is 0 Å². The summed E-state index contributed by atoms with van der Waals surface area (Å²) in [5.41, 5.74) is 1.19. The van der Waals surface area contributed by atoms with E-state index in [-0.39, 0.29) is 23.8 Å². The molecule has 3 rings (SSSR count). The van der Waals surface area contributed by atoms with E-state index in [1.54, 1.807) is 0 Å². The lowest BCUT2D eigenvalue weighted by molar-refractivity contribution is -0.134. The summed E-state index contributed by atoms with van der Waals surface area (Å²) >= 11 is 0. The van der Waals surface area contributed by atoms with Crippen LogP contribution < -0.4 is 5.32 Å². The zero-order valence-corrected chi connectivity index (χ0v) is 14.5. The Bertz CT molecular complexity index is 564. The van der Waals surface area contributed by atoms with Crippen molar-refractivity contribution in [1.82, 2.24) is 10.2 Å². The van der Waals surface area contributed by atoms with Crippen LogP contribution in [0, 0.1) is 11.8 Å². The van der Waals surface area contributed by atoms with Crippen molar-refractivity contribution in [2.24, 2.45) is 11.8 Å². The highest BCUT2D eigenvalue weighted by molar-refractivity contribution is 5.81. The highest BCUT2D eigenvalue weighted by Crippen LogP contribution is 2.33. The van der Waals surface area contributed by atoms with Gasteiger partial charge in [0.05, 0.1) is 6.04 Å². The highest BCUT2D eigenvalue weighted by atomic mass is 16.2. The molecule has 2 saturated carbocycles. The molecule has 2 amide bonds. The summed E-state index contributed by atoms with van der Waals surface area (Å²) in [6.07, 6.45) is 5.75. The molecule has 0 spiro atoms. The molecule has 2 fully saturated rings. The second-order valence-corrected chi connectivity index (χ2v) is 7.24. The monoisotopic (exact) mass is 328 g/mol. The van der Waals surface area contributed by atoms with E-state index in [1.165, 1.54) is 18.4 Å². The first-order chi connectivity index (χ1) is 11.6. The van der Waals surface area contributed by atoms with Crippen LogP contribution >= 0.6 is 0 Å². The van der Waals surface area contributed by atoms with Crippen LogP contribution in [0.25, 0.3) is 0 Å². The molecule has 1 atom stereocenters. The van der Waals surface area contributed by atoms with Gasteiger partial charge in [0.2, 0.25) is 11.8 Å². The van der Waals surface area contributed by atoms with Gasteiger partial charge in [0, 0.05) is 25.4 Å². The molecule has 4 heteroatoms. The Labute approximate surface area is 144 Å². The summed E-state index contributed by atoms with van der Waals surface area (Å²) in [7, 11) is 0. The van der Waals surface area contributed by atoms with Gasteiger partial charge in [-0.15, -0.1) is 0 Å². The fraction of sp³-hybridized carbons (Fsp3) is 0.600. The molecule has 2 aliphatic carbocycles. The van der Waals surface area contributed by atoms with Crippen LogP contribution in [-0.4, -0.2) is 29.8 Å². The Morgan fingerprint density at radius 3 is 2.50 bits per heavy atom. The molecule has 0 aromatic heterocycles. The molecule has 1 unspecified atom stereocenters. The molecule has 130 valence electrons. The Hall–Kier alpha value is -1.84. The Morgan fingerprint density at radius 1 is 1.17 bits per heavy atom. The normalized spacial score (nSPS) is 18.0. The van der Waals surface area contributed by atoms with Crippen molar-refractivity contribution in [3.63, 3.8) is 0 Å². The third kappa shape index (κ3) is 4.83. The number of carbonyl (C=O) groups excluding carboxylic acids is 2. The molecule has 0 aliphatic heterocycles. The van der Waals surface area contributed by atoms with Crippen molar-refractivity contribution in [2.75, 3.05) is 13.1 Å². The molecule has 2 aliphatic rings. The second-order valence-electron chi connectivity index (χ2n) is 7.24. The predicted molar refractivity (Wildman–Crippen MR) is 94.3 cm³/mol. The van der Waals surface area contributed by atoms with Gasteiger partial charge in [-0.05, 0) is 50.5 Å². The minimum atomic E-state index is 0.111. The third-order valence-corrected chi connectivity index (χ3v) is 5.04. The van der Waals surface area contributed by atoms with Crippen LogP contribution in [0.4, 0.5) is 0 Å². The van der Waals surface area contributed by atoms with Crippen LogP contribution in [0.2, 0.25) is 0 Å². The SMILES string of the molecule is CC(c1ccccc1)N(CC1CC1)C(=O)CCCNC(=O)C1CC1. The summed E-state index contributed by atoms with van der Waals surface area (Å²) < 4.78 is 0. The maximum Gasteiger partial charge on any atom is 0.223 e. The van der Waals surface area contributed by atoms with Crippen molar-refractivity contribution in [3.8, 4) is 0 Å². The van der Waals surface area contributed by atoms with E-state index in [9.17, 15) is 9.59 Å².